The number of carbonyl (C=O) groups is 1. The Balaban J connectivity index is 1.66. The molecule has 0 bridgehead atoms. The van der Waals surface area contributed by atoms with E-state index in [2.05, 4.69) is 10.4 Å². The molecule has 0 aliphatic carbocycles. The van der Waals surface area contributed by atoms with Crippen LogP contribution in [0.3, 0.4) is 0 Å². The third kappa shape index (κ3) is 4.68. The maximum Gasteiger partial charge on any atom is 0.256 e. The van der Waals surface area contributed by atoms with Crippen LogP contribution in [0.5, 0.6) is 0 Å². The van der Waals surface area contributed by atoms with E-state index in [-0.39, 0.29) is 29.3 Å². The van der Waals surface area contributed by atoms with E-state index in [1.807, 2.05) is 30.5 Å². The highest BCUT2D eigenvalue weighted by molar-refractivity contribution is 7.98. The highest BCUT2D eigenvalue weighted by atomic mass is 32.2. The molecule has 7 nitrogen and oxygen atoms in total. The Morgan fingerprint density at radius 2 is 1.94 bits per heavy atom. The largest absolute Gasteiger partial charge is 0.322 e. The van der Waals surface area contributed by atoms with Crippen molar-refractivity contribution in [3.05, 3.63) is 71.7 Å². The number of nitrogens with zero attached hydrogens (tertiary/aromatic N) is 3. The van der Waals surface area contributed by atoms with Gasteiger partial charge in [0.05, 0.1) is 39.9 Å². The predicted octanol–water partition coefficient (Wildman–Crippen LogP) is 4.88. The molecule has 10 heteroatoms. The van der Waals surface area contributed by atoms with Crippen molar-refractivity contribution in [1.29, 1.82) is 0 Å². The Morgan fingerprint density at radius 3 is 2.63 bits per heavy atom. The standard InChI is InChI=1S/C25H23FN4O3S2/c1-15-23-21(25(31)27-18-4-3-5-20(12-18)34-2)13-22(16-6-8-17(26)9-7-16)28-24(23)30(29-15)19-10-11-35(32,33)14-19/h3-9,12-13,19H,10-11,14H2,1-2H3,(H,27,31). The number of amides is 1. The number of anilines is 1. The van der Waals surface area contributed by atoms with Crippen LogP contribution in [0.25, 0.3) is 22.3 Å². The summed E-state index contributed by atoms with van der Waals surface area (Å²) in [5.41, 5.74) is 3.16. The van der Waals surface area contributed by atoms with Gasteiger partial charge in [0.1, 0.15) is 5.82 Å². The molecule has 1 N–H and O–H groups in total. The lowest BCUT2D eigenvalue weighted by Crippen LogP contribution is -2.15. The molecule has 4 aromatic rings. The quantitative estimate of drug-likeness (QED) is 0.385. The number of hydrogen-bond donors (Lipinski definition) is 1. The maximum absolute atomic E-state index is 13.6. The van der Waals surface area contributed by atoms with Crippen LogP contribution in [-0.4, -0.2) is 46.9 Å². The van der Waals surface area contributed by atoms with Crippen molar-refractivity contribution in [1.82, 2.24) is 14.8 Å². The summed E-state index contributed by atoms with van der Waals surface area (Å²) in [6.07, 6.45) is 2.40. The Morgan fingerprint density at radius 1 is 1.17 bits per heavy atom. The number of fused-ring (bicyclic) bond motifs is 1. The summed E-state index contributed by atoms with van der Waals surface area (Å²) in [5.74, 6) is -0.636. The minimum absolute atomic E-state index is 0.0192. The molecule has 2 aromatic carbocycles. The first kappa shape index (κ1) is 23.5. The number of hydrogen-bond acceptors (Lipinski definition) is 6. The van der Waals surface area contributed by atoms with E-state index >= 15 is 0 Å². The third-order valence-corrected chi connectivity index (χ3v) is 8.58. The van der Waals surface area contributed by atoms with Gasteiger partial charge in [-0.1, -0.05) is 6.07 Å². The summed E-state index contributed by atoms with van der Waals surface area (Å²) in [6.45, 7) is 1.78. The second-order valence-electron chi connectivity index (χ2n) is 8.53. The van der Waals surface area contributed by atoms with Gasteiger partial charge in [0.15, 0.2) is 15.5 Å². The van der Waals surface area contributed by atoms with Crippen molar-refractivity contribution in [3.8, 4) is 11.3 Å². The van der Waals surface area contributed by atoms with E-state index in [1.165, 1.54) is 12.1 Å². The Labute approximate surface area is 206 Å². The van der Waals surface area contributed by atoms with Crippen molar-refractivity contribution in [3.63, 3.8) is 0 Å². The molecular formula is C25H23FN4O3S2. The summed E-state index contributed by atoms with van der Waals surface area (Å²) in [6, 6.07) is 14.7. The number of sulfone groups is 1. The summed E-state index contributed by atoms with van der Waals surface area (Å²) >= 11 is 1.57. The predicted molar refractivity (Wildman–Crippen MR) is 136 cm³/mol. The fraction of sp³-hybridized carbons (Fsp3) is 0.240. The topological polar surface area (TPSA) is 93.9 Å². The van der Waals surface area contributed by atoms with E-state index in [0.29, 0.717) is 45.7 Å². The minimum atomic E-state index is -3.16. The minimum Gasteiger partial charge on any atom is -0.322 e. The van der Waals surface area contributed by atoms with E-state index in [9.17, 15) is 17.6 Å². The molecular weight excluding hydrogens is 487 g/mol. The van der Waals surface area contributed by atoms with Crippen LogP contribution in [0.1, 0.15) is 28.5 Å². The number of thioether (sulfide) groups is 1. The summed E-state index contributed by atoms with van der Waals surface area (Å²) in [5, 5.41) is 8.14. The number of halogens is 1. The highest BCUT2D eigenvalue weighted by Crippen LogP contribution is 2.32. The van der Waals surface area contributed by atoms with Crippen molar-refractivity contribution in [2.45, 2.75) is 24.3 Å². The lowest BCUT2D eigenvalue weighted by Gasteiger charge is -2.13. The van der Waals surface area contributed by atoms with E-state index in [1.54, 1.807) is 41.6 Å². The molecule has 1 amide bonds. The van der Waals surface area contributed by atoms with Gasteiger partial charge in [0.25, 0.3) is 5.91 Å². The zero-order valence-electron chi connectivity index (χ0n) is 19.2. The Bertz CT molecular complexity index is 1550. The van der Waals surface area contributed by atoms with Crippen LogP contribution in [0.2, 0.25) is 0 Å². The average molecular weight is 511 g/mol. The molecule has 0 spiro atoms. The second kappa shape index (κ2) is 9.09. The molecule has 0 saturated carbocycles. The molecule has 2 aromatic heterocycles. The summed E-state index contributed by atoms with van der Waals surface area (Å²) in [7, 11) is -3.16. The van der Waals surface area contributed by atoms with Crippen LogP contribution in [-0.2, 0) is 9.84 Å². The molecule has 1 aliphatic heterocycles. The van der Waals surface area contributed by atoms with Crippen molar-refractivity contribution < 1.29 is 17.6 Å². The lowest BCUT2D eigenvalue weighted by molar-refractivity contribution is 0.102. The van der Waals surface area contributed by atoms with Crippen LogP contribution < -0.4 is 5.32 Å². The number of pyridine rings is 1. The molecule has 1 atom stereocenters. The molecule has 35 heavy (non-hydrogen) atoms. The van der Waals surface area contributed by atoms with Crippen molar-refractivity contribution in [2.75, 3.05) is 23.1 Å². The molecule has 1 aliphatic rings. The normalized spacial score (nSPS) is 17.1. The lowest BCUT2D eigenvalue weighted by atomic mass is 10.0. The van der Waals surface area contributed by atoms with Gasteiger partial charge in [0.2, 0.25) is 0 Å². The second-order valence-corrected chi connectivity index (χ2v) is 11.6. The average Bonchev–Trinajstić information content (AvgIpc) is 3.37. The summed E-state index contributed by atoms with van der Waals surface area (Å²) in [4.78, 5) is 19.3. The Hall–Kier alpha value is -3.24. The van der Waals surface area contributed by atoms with Gasteiger partial charge in [-0.3, -0.25) is 4.79 Å². The molecule has 1 unspecified atom stereocenters. The van der Waals surface area contributed by atoms with E-state index in [0.717, 1.165) is 4.90 Å². The zero-order chi connectivity index (χ0) is 24.7. The van der Waals surface area contributed by atoms with Crippen molar-refractivity contribution >= 4 is 44.2 Å². The monoisotopic (exact) mass is 510 g/mol. The molecule has 180 valence electrons. The fourth-order valence-electron chi connectivity index (χ4n) is 4.38. The van der Waals surface area contributed by atoms with Gasteiger partial charge in [-0.05, 0) is 68.1 Å². The highest BCUT2D eigenvalue weighted by Gasteiger charge is 2.32. The van der Waals surface area contributed by atoms with Gasteiger partial charge >= 0.3 is 0 Å². The van der Waals surface area contributed by atoms with E-state index < -0.39 is 9.84 Å². The van der Waals surface area contributed by atoms with Crippen LogP contribution in [0, 0.1) is 12.7 Å². The molecule has 5 rings (SSSR count). The number of benzene rings is 2. The Kier molecular flexibility index (Phi) is 6.10. The van der Waals surface area contributed by atoms with Gasteiger partial charge in [-0.2, -0.15) is 5.10 Å². The SMILES string of the molecule is CSc1cccc(NC(=O)c2cc(-c3ccc(F)cc3)nc3c2c(C)nn3C2CCS(=O)(=O)C2)c1. The van der Waals surface area contributed by atoms with Crippen LogP contribution in [0.4, 0.5) is 10.1 Å². The number of rotatable bonds is 5. The molecule has 1 saturated heterocycles. The van der Waals surface area contributed by atoms with Gasteiger partial charge in [-0.25, -0.2) is 22.5 Å². The van der Waals surface area contributed by atoms with Crippen LogP contribution in [0.15, 0.2) is 59.5 Å². The zero-order valence-corrected chi connectivity index (χ0v) is 20.8. The van der Waals surface area contributed by atoms with Gasteiger partial charge in [-0.15, -0.1) is 11.8 Å². The molecule has 1 fully saturated rings. The first-order chi connectivity index (χ1) is 16.7. The van der Waals surface area contributed by atoms with Gasteiger partial charge in [0, 0.05) is 16.1 Å². The number of aryl methyl sites for hydroxylation is 1. The molecule has 0 radical (unpaired) electrons. The van der Waals surface area contributed by atoms with Gasteiger partial charge < -0.3 is 5.32 Å². The fourth-order valence-corrected chi connectivity index (χ4v) is 6.53. The number of aromatic nitrogens is 3. The maximum atomic E-state index is 13.6. The van der Waals surface area contributed by atoms with Crippen molar-refractivity contribution in [2.24, 2.45) is 0 Å². The smallest absolute Gasteiger partial charge is 0.256 e. The number of nitrogens with one attached hydrogen (secondary N) is 1. The summed E-state index contributed by atoms with van der Waals surface area (Å²) < 4.78 is 39.5. The first-order valence-electron chi connectivity index (χ1n) is 11.1. The third-order valence-electron chi connectivity index (χ3n) is 6.10. The van der Waals surface area contributed by atoms with Crippen LogP contribution >= 0.6 is 11.8 Å². The number of carbonyl (C=O) groups excluding carboxylic acids is 1. The van der Waals surface area contributed by atoms with E-state index in [4.69, 9.17) is 4.98 Å². The molecule has 3 heterocycles. The first-order valence-corrected chi connectivity index (χ1v) is 14.1.